The Morgan fingerprint density at radius 2 is 1.91 bits per heavy atom. The summed E-state index contributed by atoms with van der Waals surface area (Å²) in [5.74, 6) is 1.62. The maximum absolute atomic E-state index is 6.59. The molecule has 1 aromatic carbocycles. The van der Waals surface area contributed by atoms with Gasteiger partial charge in [0.15, 0.2) is 0 Å². The molecule has 0 bridgehead atoms. The van der Waals surface area contributed by atoms with E-state index in [2.05, 4.69) is 34.1 Å². The van der Waals surface area contributed by atoms with Gasteiger partial charge in [0.25, 0.3) is 0 Å². The van der Waals surface area contributed by atoms with E-state index in [9.17, 15) is 0 Å². The van der Waals surface area contributed by atoms with Crippen molar-refractivity contribution in [3.05, 3.63) is 42.2 Å². The minimum absolute atomic E-state index is 0.167. The molecule has 1 saturated heterocycles. The van der Waals surface area contributed by atoms with Crippen molar-refractivity contribution in [2.75, 3.05) is 19.6 Å². The number of aromatic nitrogens is 1. The van der Waals surface area contributed by atoms with Crippen LogP contribution in [0.4, 0.5) is 0 Å². The van der Waals surface area contributed by atoms with Crippen molar-refractivity contribution in [1.82, 2.24) is 9.88 Å². The standard InChI is InChI=1S/C19H25N3/c20-19(15-6-9-22(10-7-15)13-14-1-2-14)17-3-4-18-12-21-8-5-16(18)11-17/h3-5,8,11-12,14-15,19H,1-2,6-7,9-10,13,20H2. The first-order chi connectivity index (χ1) is 10.8. The molecule has 2 fully saturated rings. The van der Waals surface area contributed by atoms with Crippen molar-refractivity contribution < 1.29 is 0 Å². The van der Waals surface area contributed by atoms with Crippen LogP contribution in [0, 0.1) is 11.8 Å². The lowest BCUT2D eigenvalue weighted by Gasteiger charge is -2.35. The maximum Gasteiger partial charge on any atom is 0.0346 e. The van der Waals surface area contributed by atoms with Crippen LogP contribution in [0.3, 0.4) is 0 Å². The van der Waals surface area contributed by atoms with Gasteiger partial charge in [-0.3, -0.25) is 4.98 Å². The Balaban J connectivity index is 1.43. The van der Waals surface area contributed by atoms with Crippen LogP contribution in [0.25, 0.3) is 10.8 Å². The molecule has 4 rings (SSSR count). The Labute approximate surface area is 132 Å². The van der Waals surface area contributed by atoms with Crippen LogP contribution >= 0.6 is 0 Å². The monoisotopic (exact) mass is 295 g/mol. The van der Waals surface area contributed by atoms with Crippen LogP contribution in [-0.2, 0) is 0 Å². The smallest absolute Gasteiger partial charge is 0.0346 e. The number of hydrogen-bond acceptors (Lipinski definition) is 3. The Morgan fingerprint density at radius 3 is 2.68 bits per heavy atom. The van der Waals surface area contributed by atoms with E-state index in [4.69, 9.17) is 5.73 Å². The summed E-state index contributed by atoms with van der Waals surface area (Å²) in [6.07, 6.45) is 9.15. The van der Waals surface area contributed by atoms with Crippen LogP contribution in [-0.4, -0.2) is 29.5 Å². The lowest BCUT2D eigenvalue weighted by molar-refractivity contribution is 0.163. The molecule has 0 amide bonds. The summed E-state index contributed by atoms with van der Waals surface area (Å²) in [6.45, 7) is 3.78. The molecular weight excluding hydrogens is 270 g/mol. The third-order valence-electron chi connectivity index (χ3n) is 5.40. The number of nitrogens with two attached hydrogens (primary N) is 1. The molecule has 1 saturated carbocycles. The molecule has 1 aromatic heterocycles. The van der Waals surface area contributed by atoms with Gasteiger partial charge >= 0.3 is 0 Å². The SMILES string of the molecule is NC(c1ccc2cnccc2c1)C1CCN(CC2CC2)CC1. The number of nitrogens with zero attached hydrogens (tertiary/aromatic N) is 2. The molecular formula is C19H25N3. The Morgan fingerprint density at radius 1 is 1.09 bits per heavy atom. The summed E-state index contributed by atoms with van der Waals surface area (Å²) in [7, 11) is 0. The van der Waals surface area contributed by atoms with Crippen molar-refractivity contribution in [3.63, 3.8) is 0 Å². The van der Waals surface area contributed by atoms with E-state index in [1.165, 1.54) is 61.7 Å². The van der Waals surface area contributed by atoms with Gasteiger partial charge in [0.05, 0.1) is 0 Å². The van der Waals surface area contributed by atoms with E-state index in [1.807, 2.05) is 12.4 Å². The number of pyridine rings is 1. The molecule has 3 nitrogen and oxygen atoms in total. The first-order valence-electron chi connectivity index (χ1n) is 8.61. The molecule has 1 aliphatic carbocycles. The molecule has 2 heterocycles. The molecule has 1 atom stereocenters. The maximum atomic E-state index is 6.59. The second-order valence-corrected chi connectivity index (χ2v) is 7.09. The third-order valence-corrected chi connectivity index (χ3v) is 5.40. The molecule has 1 aliphatic heterocycles. The van der Waals surface area contributed by atoms with Gasteiger partial charge < -0.3 is 10.6 Å². The average molecular weight is 295 g/mol. The lowest BCUT2D eigenvalue weighted by atomic mass is 9.85. The molecule has 2 aliphatic rings. The molecule has 0 spiro atoms. The van der Waals surface area contributed by atoms with Gasteiger partial charge in [0.1, 0.15) is 0 Å². The van der Waals surface area contributed by atoms with Crippen LogP contribution in [0.1, 0.15) is 37.3 Å². The van der Waals surface area contributed by atoms with E-state index in [1.54, 1.807) is 0 Å². The van der Waals surface area contributed by atoms with Gasteiger partial charge in [-0.15, -0.1) is 0 Å². The lowest BCUT2D eigenvalue weighted by Crippen LogP contribution is -2.38. The van der Waals surface area contributed by atoms with E-state index in [0.717, 1.165) is 5.92 Å². The minimum atomic E-state index is 0.167. The summed E-state index contributed by atoms with van der Waals surface area (Å²) >= 11 is 0. The average Bonchev–Trinajstić information content (AvgIpc) is 3.38. The number of rotatable bonds is 4. The first kappa shape index (κ1) is 14.2. The summed E-state index contributed by atoms with van der Waals surface area (Å²) in [6, 6.07) is 8.83. The fourth-order valence-electron chi connectivity index (χ4n) is 3.74. The molecule has 1 unspecified atom stereocenters. The number of benzene rings is 1. The van der Waals surface area contributed by atoms with Crippen molar-refractivity contribution in [2.45, 2.75) is 31.7 Å². The molecule has 0 radical (unpaired) electrons. The third kappa shape index (κ3) is 3.01. The zero-order chi connectivity index (χ0) is 14.9. The van der Waals surface area contributed by atoms with Gasteiger partial charge in [-0.1, -0.05) is 12.1 Å². The Kier molecular flexibility index (Phi) is 3.85. The fraction of sp³-hybridized carbons (Fsp3) is 0.526. The summed E-state index contributed by atoms with van der Waals surface area (Å²) in [5, 5.41) is 2.44. The van der Waals surface area contributed by atoms with Gasteiger partial charge in [-0.2, -0.15) is 0 Å². The molecule has 3 heteroatoms. The van der Waals surface area contributed by atoms with Crippen molar-refractivity contribution in [3.8, 4) is 0 Å². The van der Waals surface area contributed by atoms with Crippen LogP contribution in [0.2, 0.25) is 0 Å². The van der Waals surface area contributed by atoms with Gasteiger partial charge in [-0.05, 0) is 73.7 Å². The van der Waals surface area contributed by atoms with E-state index >= 15 is 0 Å². The number of fused-ring (bicyclic) bond motifs is 1. The highest BCUT2D eigenvalue weighted by Gasteiger charge is 2.29. The first-order valence-corrected chi connectivity index (χ1v) is 8.61. The predicted octanol–water partition coefficient (Wildman–Crippen LogP) is 3.36. The highest BCUT2D eigenvalue weighted by Crippen LogP contribution is 2.34. The van der Waals surface area contributed by atoms with Gasteiger partial charge in [0.2, 0.25) is 0 Å². The highest BCUT2D eigenvalue weighted by molar-refractivity contribution is 5.82. The van der Waals surface area contributed by atoms with Crippen molar-refractivity contribution in [1.29, 1.82) is 0 Å². The minimum Gasteiger partial charge on any atom is -0.324 e. The predicted molar refractivity (Wildman–Crippen MR) is 90.6 cm³/mol. The zero-order valence-corrected chi connectivity index (χ0v) is 13.1. The molecule has 2 aromatic rings. The normalized spacial score (nSPS) is 22.0. The topological polar surface area (TPSA) is 42.1 Å². The van der Waals surface area contributed by atoms with Crippen LogP contribution < -0.4 is 5.73 Å². The fourth-order valence-corrected chi connectivity index (χ4v) is 3.74. The number of hydrogen-bond donors (Lipinski definition) is 1. The van der Waals surface area contributed by atoms with Gasteiger partial charge in [-0.25, -0.2) is 0 Å². The highest BCUT2D eigenvalue weighted by atomic mass is 15.1. The largest absolute Gasteiger partial charge is 0.324 e. The summed E-state index contributed by atoms with van der Waals surface area (Å²) in [4.78, 5) is 6.82. The molecule has 116 valence electrons. The number of likely N-dealkylation sites (tertiary alicyclic amines) is 1. The molecule has 22 heavy (non-hydrogen) atoms. The summed E-state index contributed by atoms with van der Waals surface area (Å²) < 4.78 is 0. The van der Waals surface area contributed by atoms with Crippen LogP contribution in [0.15, 0.2) is 36.7 Å². The Hall–Kier alpha value is -1.45. The van der Waals surface area contributed by atoms with E-state index in [0.29, 0.717) is 5.92 Å². The second kappa shape index (κ2) is 5.98. The van der Waals surface area contributed by atoms with Crippen molar-refractivity contribution in [2.24, 2.45) is 17.6 Å². The second-order valence-electron chi connectivity index (χ2n) is 7.09. The Bertz CT molecular complexity index is 642. The van der Waals surface area contributed by atoms with E-state index < -0.39 is 0 Å². The molecule has 2 N–H and O–H groups in total. The van der Waals surface area contributed by atoms with E-state index in [-0.39, 0.29) is 6.04 Å². The van der Waals surface area contributed by atoms with Gasteiger partial charge in [0, 0.05) is 30.4 Å². The summed E-state index contributed by atoms with van der Waals surface area (Å²) in [5.41, 5.74) is 7.86. The zero-order valence-electron chi connectivity index (χ0n) is 13.1. The van der Waals surface area contributed by atoms with Crippen LogP contribution in [0.5, 0.6) is 0 Å². The number of piperidine rings is 1. The quantitative estimate of drug-likeness (QED) is 0.940. The van der Waals surface area contributed by atoms with Crippen molar-refractivity contribution >= 4 is 10.8 Å².